The maximum Gasteiger partial charge on any atom is -0.00172 e. The van der Waals surface area contributed by atoms with E-state index in [1.54, 1.807) is 0 Å². The minimum Gasteiger partial charge on any atom is -0.319 e. The standard InChI is InChI=1S/C19H25N/c1-15-6-4-8-17(10-15)12-19(14-20-3)13-18-9-5-7-16(2)11-18/h4-11,19-20H,12-14H2,1-3H3. The van der Waals surface area contributed by atoms with Crippen LogP contribution in [0.3, 0.4) is 0 Å². The molecule has 0 unspecified atom stereocenters. The Morgan fingerprint density at radius 3 is 1.75 bits per heavy atom. The molecule has 0 bridgehead atoms. The smallest absolute Gasteiger partial charge is 0.00172 e. The summed E-state index contributed by atoms with van der Waals surface area (Å²) in [6.07, 6.45) is 2.27. The lowest BCUT2D eigenvalue weighted by molar-refractivity contribution is 0.493. The molecule has 1 nitrogen and oxygen atoms in total. The first-order chi connectivity index (χ1) is 9.67. The van der Waals surface area contributed by atoms with E-state index in [-0.39, 0.29) is 0 Å². The van der Waals surface area contributed by atoms with Crippen molar-refractivity contribution in [3.8, 4) is 0 Å². The van der Waals surface area contributed by atoms with Gasteiger partial charge in [0.15, 0.2) is 0 Å². The van der Waals surface area contributed by atoms with Crippen molar-refractivity contribution in [3.63, 3.8) is 0 Å². The predicted octanol–water partition coefficient (Wildman–Crippen LogP) is 3.92. The lowest BCUT2D eigenvalue weighted by Crippen LogP contribution is -2.22. The van der Waals surface area contributed by atoms with Crippen LogP contribution in [-0.2, 0) is 12.8 Å². The van der Waals surface area contributed by atoms with Gasteiger partial charge in [0.1, 0.15) is 0 Å². The maximum atomic E-state index is 3.34. The molecule has 0 saturated heterocycles. The largest absolute Gasteiger partial charge is 0.319 e. The van der Waals surface area contributed by atoms with E-state index in [9.17, 15) is 0 Å². The van der Waals surface area contributed by atoms with Crippen LogP contribution >= 0.6 is 0 Å². The first kappa shape index (κ1) is 14.8. The Bertz CT molecular complexity index is 497. The van der Waals surface area contributed by atoms with Crippen LogP contribution in [0.15, 0.2) is 48.5 Å². The number of hydrogen-bond donors (Lipinski definition) is 1. The molecule has 0 atom stereocenters. The molecule has 0 fully saturated rings. The Balaban J connectivity index is 2.07. The zero-order valence-electron chi connectivity index (χ0n) is 12.8. The fourth-order valence-electron chi connectivity index (χ4n) is 2.85. The molecular weight excluding hydrogens is 242 g/mol. The average molecular weight is 267 g/mol. The van der Waals surface area contributed by atoms with Crippen LogP contribution in [0.2, 0.25) is 0 Å². The zero-order valence-corrected chi connectivity index (χ0v) is 12.8. The van der Waals surface area contributed by atoms with Gasteiger partial charge in [-0.3, -0.25) is 0 Å². The van der Waals surface area contributed by atoms with Crippen LogP contribution in [0.4, 0.5) is 0 Å². The summed E-state index contributed by atoms with van der Waals surface area (Å²) < 4.78 is 0. The summed E-state index contributed by atoms with van der Waals surface area (Å²) in [6.45, 7) is 5.39. The van der Waals surface area contributed by atoms with Gasteiger partial charge in [0, 0.05) is 0 Å². The fraction of sp³-hybridized carbons (Fsp3) is 0.368. The lowest BCUT2D eigenvalue weighted by atomic mass is 9.91. The van der Waals surface area contributed by atoms with Gasteiger partial charge in [0.25, 0.3) is 0 Å². The van der Waals surface area contributed by atoms with Gasteiger partial charge in [-0.05, 0) is 57.3 Å². The molecular formula is C19H25N. The third-order valence-corrected chi connectivity index (χ3v) is 3.71. The van der Waals surface area contributed by atoms with Crippen LogP contribution in [0, 0.1) is 19.8 Å². The van der Waals surface area contributed by atoms with Gasteiger partial charge in [0.05, 0.1) is 0 Å². The molecule has 0 amide bonds. The number of rotatable bonds is 6. The number of hydrogen-bond acceptors (Lipinski definition) is 1. The first-order valence-electron chi connectivity index (χ1n) is 7.43. The normalized spacial score (nSPS) is 11.0. The Labute approximate surface area is 123 Å². The van der Waals surface area contributed by atoms with Crippen LogP contribution < -0.4 is 5.32 Å². The number of aryl methyl sites for hydroxylation is 2. The van der Waals surface area contributed by atoms with Gasteiger partial charge in [-0.1, -0.05) is 59.7 Å². The van der Waals surface area contributed by atoms with Gasteiger partial charge in [0.2, 0.25) is 0 Å². The van der Waals surface area contributed by atoms with Crippen molar-refractivity contribution in [2.75, 3.05) is 13.6 Å². The summed E-state index contributed by atoms with van der Waals surface area (Å²) in [5.41, 5.74) is 5.58. The number of nitrogens with one attached hydrogen (secondary N) is 1. The second-order valence-corrected chi connectivity index (χ2v) is 5.81. The minimum absolute atomic E-state index is 0.642. The van der Waals surface area contributed by atoms with Crippen molar-refractivity contribution in [2.24, 2.45) is 5.92 Å². The second-order valence-electron chi connectivity index (χ2n) is 5.81. The summed E-state index contributed by atoms with van der Waals surface area (Å²) in [4.78, 5) is 0. The zero-order chi connectivity index (χ0) is 14.4. The predicted molar refractivity (Wildman–Crippen MR) is 87.2 cm³/mol. The highest BCUT2D eigenvalue weighted by molar-refractivity contribution is 5.25. The average Bonchev–Trinajstić information content (AvgIpc) is 2.39. The Hall–Kier alpha value is -1.60. The van der Waals surface area contributed by atoms with Gasteiger partial charge >= 0.3 is 0 Å². The summed E-state index contributed by atoms with van der Waals surface area (Å²) in [6, 6.07) is 17.7. The summed E-state index contributed by atoms with van der Waals surface area (Å²) in [5, 5.41) is 3.34. The molecule has 1 N–H and O–H groups in total. The molecule has 106 valence electrons. The van der Waals surface area contributed by atoms with Crippen LogP contribution in [0.5, 0.6) is 0 Å². The van der Waals surface area contributed by atoms with E-state index in [0.29, 0.717) is 5.92 Å². The van der Waals surface area contributed by atoms with Crippen molar-refractivity contribution in [1.29, 1.82) is 0 Å². The first-order valence-corrected chi connectivity index (χ1v) is 7.43. The second kappa shape index (κ2) is 7.25. The highest BCUT2D eigenvalue weighted by atomic mass is 14.8. The summed E-state index contributed by atoms with van der Waals surface area (Å²) in [7, 11) is 2.04. The van der Waals surface area contributed by atoms with Crippen LogP contribution in [0.25, 0.3) is 0 Å². The monoisotopic (exact) mass is 267 g/mol. The minimum atomic E-state index is 0.642. The van der Waals surface area contributed by atoms with Gasteiger partial charge in [-0.15, -0.1) is 0 Å². The highest BCUT2D eigenvalue weighted by Gasteiger charge is 2.10. The van der Waals surface area contributed by atoms with Gasteiger partial charge in [-0.25, -0.2) is 0 Å². The SMILES string of the molecule is CNCC(Cc1cccc(C)c1)Cc1cccc(C)c1. The fourth-order valence-corrected chi connectivity index (χ4v) is 2.85. The Morgan fingerprint density at radius 1 is 0.850 bits per heavy atom. The summed E-state index contributed by atoms with van der Waals surface area (Å²) in [5.74, 6) is 0.642. The molecule has 0 heterocycles. The third kappa shape index (κ3) is 4.50. The van der Waals surface area contributed by atoms with Crippen molar-refractivity contribution < 1.29 is 0 Å². The van der Waals surface area contributed by atoms with E-state index >= 15 is 0 Å². The molecule has 0 saturated carbocycles. The van der Waals surface area contributed by atoms with E-state index in [2.05, 4.69) is 67.7 Å². The van der Waals surface area contributed by atoms with Crippen molar-refractivity contribution >= 4 is 0 Å². The van der Waals surface area contributed by atoms with Crippen molar-refractivity contribution in [3.05, 3.63) is 70.8 Å². The third-order valence-electron chi connectivity index (χ3n) is 3.71. The molecule has 2 aromatic rings. The lowest BCUT2D eigenvalue weighted by Gasteiger charge is -2.17. The molecule has 20 heavy (non-hydrogen) atoms. The molecule has 1 heteroatoms. The van der Waals surface area contributed by atoms with Crippen LogP contribution in [-0.4, -0.2) is 13.6 Å². The maximum absolute atomic E-state index is 3.34. The van der Waals surface area contributed by atoms with Crippen molar-refractivity contribution in [2.45, 2.75) is 26.7 Å². The van der Waals surface area contributed by atoms with Gasteiger partial charge in [-0.2, -0.15) is 0 Å². The topological polar surface area (TPSA) is 12.0 Å². The van der Waals surface area contributed by atoms with E-state index < -0.39 is 0 Å². The highest BCUT2D eigenvalue weighted by Crippen LogP contribution is 2.16. The van der Waals surface area contributed by atoms with Crippen LogP contribution in [0.1, 0.15) is 22.3 Å². The summed E-state index contributed by atoms with van der Waals surface area (Å²) >= 11 is 0. The molecule has 0 aromatic heterocycles. The Kier molecular flexibility index (Phi) is 5.37. The number of benzene rings is 2. The quantitative estimate of drug-likeness (QED) is 0.836. The molecule has 0 radical (unpaired) electrons. The molecule has 0 aliphatic rings. The van der Waals surface area contributed by atoms with E-state index in [0.717, 1.165) is 19.4 Å². The molecule has 2 rings (SSSR count). The van der Waals surface area contributed by atoms with Crippen molar-refractivity contribution in [1.82, 2.24) is 5.32 Å². The van der Waals surface area contributed by atoms with E-state index in [4.69, 9.17) is 0 Å². The molecule has 0 aliphatic heterocycles. The van der Waals surface area contributed by atoms with E-state index in [1.807, 2.05) is 7.05 Å². The molecule has 0 spiro atoms. The Morgan fingerprint density at radius 2 is 1.35 bits per heavy atom. The molecule has 2 aromatic carbocycles. The molecule has 0 aliphatic carbocycles. The van der Waals surface area contributed by atoms with Gasteiger partial charge < -0.3 is 5.32 Å². The van der Waals surface area contributed by atoms with E-state index in [1.165, 1.54) is 22.3 Å².